The van der Waals surface area contributed by atoms with Gasteiger partial charge < -0.3 is 25.1 Å². The molecule has 0 unspecified atom stereocenters. The van der Waals surface area contributed by atoms with Crippen LogP contribution in [0.3, 0.4) is 0 Å². The lowest BCUT2D eigenvalue weighted by Crippen LogP contribution is -2.29. The van der Waals surface area contributed by atoms with Crippen LogP contribution in [0, 0.1) is 0 Å². The van der Waals surface area contributed by atoms with Gasteiger partial charge in [0.05, 0.1) is 24.5 Å². The molecule has 1 aliphatic rings. The van der Waals surface area contributed by atoms with Crippen molar-refractivity contribution in [3.05, 3.63) is 53.6 Å². The number of aliphatic hydroxyl groups excluding tert-OH is 1. The number of ether oxygens (including phenoxy) is 1. The summed E-state index contributed by atoms with van der Waals surface area (Å²) in [7, 11) is 0. The van der Waals surface area contributed by atoms with Crippen molar-refractivity contribution in [1.29, 1.82) is 0 Å². The quantitative estimate of drug-likeness (QED) is 0.393. The second-order valence-corrected chi connectivity index (χ2v) is 6.32. The van der Waals surface area contributed by atoms with E-state index in [1.54, 1.807) is 6.08 Å². The van der Waals surface area contributed by atoms with Crippen LogP contribution in [0.5, 0.6) is 5.75 Å². The van der Waals surface area contributed by atoms with Gasteiger partial charge in [0.25, 0.3) is 5.91 Å². The van der Waals surface area contributed by atoms with Crippen molar-refractivity contribution in [3.63, 3.8) is 0 Å². The van der Waals surface area contributed by atoms with Crippen molar-refractivity contribution in [2.75, 3.05) is 26.4 Å². The highest BCUT2D eigenvalue weighted by molar-refractivity contribution is 5.99. The van der Waals surface area contributed by atoms with E-state index in [1.807, 2.05) is 18.2 Å². The Hall–Kier alpha value is -3.13. The summed E-state index contributed by atoms with van der Waals surface area (Å²) in [6.45, 7) is -0.0394. The fraction of sp³-hybridized carbons (Fsp3) is 0.381. The van der Waals surface area contributed by atoms with E-state index in [9.17, 15) is 14.7 Å². The smallest absolute Gasteiger partial charge is 0.338 e. The number of allylic oxidation sites excluding steroid dienone is 3. The molecule has 0 bridgehead atoms. The molecule has 3 N–H and O–H groups in total. The normalized spacial score (nSPS) is 18.8. The molecule has 1 heterocycles. The molecule has 0 spiro atoms. The molecule has 0 aliphatic carbocycles. The summed E-state index contributed by atoms with van der Waals surface area (Å²) >= 11 is 0. The zero-order valence-corrected chi connectivity index (χ0v) is 16.2. The number of carbonyl (C=O) groups is 2. The van der Waals surface area contributed by atoms with Gasteiger partial charge in [0, 0.05) is 13.0 Å². The second-order valence-electron chi connectivity index (χ2n) is 6.32. The van der Waals surface area contributed by atoms with E-state index >= 15 is 0 Å². The van der Waals surface area contributed by atoms with Crippen molar-refractivity contribution < 1.29 is 29.4 Å². The maximum Gasteiger partial charge on any atom is 0.338 e. The van der Waals surface area contributed by atoms with Gasteiger partial charge in [-0.1, -0.05) is 23.4 Å². The highest BCUT2D eigenvalue weighted by Gasteiger charge is 2.15. The fourth-order valence-electron chi connectivity index (χ4n) is 2.61. The van der Waals surface area contributed by atoms with Gasteiger partial charge >= 0.3 is 5.97 Å². The first-order valence-corrected chi connectivity index (χ1v) is 9.47. The molecule has 1 amide bonds. The third-order valence-corrected chi connectivity index (χ3v) is 3.99. The van der Waals surface area contributed by atoms with Gasteiger partial charge in [-0.25, -0.2) is 4.79 Å². The predicted octanol–water partition coefficient (Wildman–Crippen LogP) is 1.87. The lowest BCUT2D eigenvalue weighted by Gasteiger charge is -2.11. The van der Waals surface area contributed by atoms with Gasteiger partial charge in [0.2, 0.25) is 0 Å². The standard InChI is InChI=1S/C21H26N2O6/c24-11-10-22-20(26)15-29-23-17-7-5-3-1-2-4-6-12-28-21(27)19-9-8-18(25)14-16(19)13-17/h2,4-5,7-9,14,24-25H,1,3,6,10-13,15H2,(H,22,26)/b4-2+,7-5+,23-17-. The van der Waals surface area contributed by atoms with Crippen molar-refractivity contribution in [2.45, 2.75) is 25.7 Å². The van der Waals surface area contributed by atoms with Gasteiger partial charge in [-0.05, 0) is 49.1 Å². The zero-order valence-electron chi connectivity index (χ0n) is 16.2. The van der Waals surface area contributed by atoms with Crippen LogP contribution in [0.1, 0.15) is 35.2 Å². The number of phenolic OH excluding ortho intramolecular Hbond substituents is 1. The number of nitrogens with zero attached hydrogens (tertiary/aromatic N) is 1. The van der Waals surface area contributed by atoms with Gasteiger partial charge in [0.1, 0.15) is 5.75 Å². The van der Waals surface area contributed by atoms with E-state index in [4.69, 9.17) is 14.7 Å². The number of nitrogens with one attached hydrogen (secondary N) is 1. The Morgan fingerprint density at radius 3 is 2.83 bits per heavy atom. The Kier molecular flexibility index (Phi) is 9.44. The van der Waals surface area contributed by atoms with E-state index in [2.05, 4.69) is 10.5 Å². The number of aliphatic hydroxyl groups is 1. The van der Waals surface area contributed by atoms with Crippen LogP contribution in [0.15, 0.2) is 47.7 Å². The molecular weight excluding hydrogens is 376 g/mol. The number of carbonyl (C=O) groups excluding carboxylic acids is 2. The number of cyclic esters (lactones) is 1. The minimum Gasteiger partial charge on any atom is -0.508 e. The number of esters is 1. The third kappa shape index (κ3) is 8.18. The highest BCUT2D eigenvalue weighted by atomic mass is 16.6. The predicted molar refractivity (Wildman–Crippen MR) is 108 cm³/mol. The molecule has 0 atom stereocenters. The molecule has 1 aliphatic heterocycles. The molecule has 2 rings (SSSR count). The van der Waals surface area contributed by atoms with Gasteiger partial charge in [0.15, 0.2) is 6.61 Å². The molecule has 0 saturated heterocycles. The summed E-state index contributed by atoms with van der Waals surface area (Å²) in [5, 5.41) is 25.0. The Labute approximate surface area is 169 Å². The summed E-state index contributed by atoms with van der Waals surface area (Å²) in [6.07, 6.45) is 10.2. The van der Waals surface area contributed by atoms with E-state index in [0.29, 0.717) is 23.3 Å². The number of fused-ring (bicyclic) bond motifs is 1. The molecule has 156 valence electrons. The molecule has 8 nitrogen and oxygen atoms in total. The largest absolute Gasteiger partial charge is 0.508 e. The van der Waals surface area contributed by atoms with Crippen molar-refractivity contribution >= 4 is 17.6 Å². The number of benzene rings is 1. The van der Waals surface area contributed by atoms with Crippen molar-refractivity contribution in [2.24, 2.45) is 5.16 Å². The summed E-state index contributed by atoms with van der Waals surface area (Å²) in [6, 6.07) is 4.43. The highest BCUT2D eigenvalue weighted by Crippen LogP contribution is 2.19. The maximum absolute atomic E-state index is 12.4. The minimum absolute atomic E-state index is 0.0215. The van der Waals surface area contributed by atoms with Crippen LogP contribution < -0.4 is 5.32 Å². The Morgan fingerprint density at radius 1 is 1.21 bits per heavy atom. The lowest BCUT2D eigenvalue weighted by atomic mass is 10.0. The van der Waals surface area contributed by atoms with Crippen LogP contribution in [-0.4, -0.2) is 54.2 Å². The molecule has 29 heavy (non-hydrogen) atoms. The SMILES string of the molecule is O=C(CO/N=C1/C=C/CC/C=C/CCOC(=O)c2ccc(O)cc2C1)NCCO. The lowest BCUT2D eigenvalue weighted by molar-refractivity contribution is -0.125. The van der Waals surface area contributed by atoms with E-state index < -0.39 is 11.9 Å². The summed E-state index contributed by atoms with van der Waals surface area (Å²) in [5.41, 5.74) is 1.37. The Balaban J connectivity index is 2.21. The van der Waals surface area contributed by atoms with Crippen LogP contribution >= 0.6 is 0 Å². The molecule has 0 saturated carbocycles. The fourth-order valence-corrected chi connectivity index (χ4v) is 2.61. The molecule has 0 fully saturated rings. The Morgan fingerprint density at radius 2 is 2.00 bits per heavy atom. The molecule has 1 aromatic carbocycles. The van der Waals surface area contributed by atoms with E-state index in [-0.39, 0.29) is 38.5 Å². The van der Waals surface area contributed by atoms with E-state index in [1.165, 1.54) is 18.2 Å². The second kappa shape index (κ2) is 12.4. The first-order valence-electron chi connectivity index (χ1n) is 9.47. The van der Waals surface area contributed by atoms with Crippen molar-refractivity contribution in [1.82, 2.24) is 5.32 Å². The van der Waals surface area contributed by atoms with E-state index in [0.717, 1.165) is 12.8 Å². The van der Waals surface area contributed by atoms with Crippen molar-refractivity contribution in [3.8, 4) is 5.75 Å². The topological polar surface area (TPSA) is 117 Å². The zero-order chi connectivity index (χ0) is 20.9. The first kappa shape index (κ1) is 22.2. The van der Waals surface area contributed by atoms with Crippen LogP contribution in [0.25, 0.3) is 0 Å². The molecule has 8 heteroatoms. The average Bonchev–Trinajstić information content (AvgIpc) is 2.70. The minimum atomic E-state index is -0.474. The number of amides is 1. The van der Waals surface area contributed by atoms with Crippen LogP contribution in [0.4, 0.5) is 0 Å². The van der Waals surface area contributed by atoms with Crippen LogP contribution in [0.2, 0.25) is 0 Å². The van der Waals surface area contributed by atoms with Gasteiger partial charge in [-0.3, -0.25) is 4.79 Å². The number of rotatable bonds is 5. The number of hydrogen-bond donors (Lipinski definition) is 3. The molecule has 0 radical (unpaired) electrons. The molecule has 1 aromatic rings. The first-order chi connectivity index (χ1) is 14.1. The van der Waals surface area contributed by atoms with Gasteiger partial charge in [-0.2, -0.15) is 0 Å². The summed E-state index contributed by atoms with van der Waals surface area (Å²) in [5.74, 6) is -0.855. The number of hydrogen-bond acceptors (Lipinski definition) is 7. The molecule has 0 aromatic heterocycles. The maximum atomic E-state index is 12.4. The third-order valence-electron chi connectivity index (χ3n) is 3.99. The average molecular weight is 402 g/mol. The van der Waals surface area contributed by atoms with Gasteiger partial charge in [-0.15, -0.1) is 0 Å². The Bertz CT molecular complexity index is 785. The number of aromatic hydroxyl groups is 1. The molecular formula is C21H26N2O6. The summed E-state index contributed by atoms with van der Waals surface area (Å²) in [4.78, 5) is 29.1. The number of oxime groups is 1. The van der Waals surface area contributed by atoms with Crippen LogP contribution in [-0.2, 0) is 20.8 Å². The monoisotopic (exact) mass is 402 g/mol. The number of phenols is 1. The summed E-state index contributed by atoms with van der Waals surface area (Å²) < 4.78 is 5.30.